The number of rotatable bonds is 7. The Bertz CT molecular complexity index is 809. The third kappa shape index (κ3) is 4.30. The van der Waals surface area contributed by atoms with Crippen LogP contribution in [0.15, 0.2) is 30.3 Å². The molecule has 0 aliphatic rings. The van der Waals surface area contributed by atoms with Crippen molar-refractivity contribution < 1.29 is 28.6 Å². The molecule has 0 spiro atoms. The molecule has 7 nitrogen and oxygen atoms in total. The monoisotopic (exact) mass is 359 g/mol. The maximum atomic E-state index is 12.6. The highest BCUT2D eigenvalue weighted by Crippen LogP contribution is 2.20. The quantitative estimate of drug-likeness (QED) is 0.603. The van der Waals surface area contributed by atoms with E-state index in [2.05, 4.69) is 4.98 Å². The Morgan fingerprint density at radius 3 is 2.38 bits per heavy atom. The molecule has 0 aliphatic heterocycles. The number of esters is 2. The van der Waals surface area contributed by atoms with Crippen LogP contribution in [0.3, 0.4) is 0 Å². The predicted molar refractivity (Wildman–Crippen MR) is 93.4 cm³/mol. The highest BCUT2D eigenvalue weighted by molar-refractivity contribution is 6.03. The SMILES string of the molecule is COC(=O)c1c(C)[nH]c(C(=O)[C@H](C)OC(=O)COc2ccccc2)c1C. The summed E-state index contributed by atoms with van der Waals surface area (Å²) in [6.07, 6.45) is -1.02. The van der Waals surface area contributed by atoms with Crippen LogP contribution in [0.2, 0.25) is 0 Å². The number of carbonyl (C=O) groups is 3. The van der Waals surface area contributed by atoms with E-state index in [4.69, 9.17) is 14.2 Å². The molecular formula is C19H21NO6. The molecule has 1 atom stereocenters. The summed E-state index contributed by atoms with van der Waals surface area (Å²) >= 11 is 0. The van der Waals surface area contributed by atoms with E-state index >= 15 is 0 Å². The number of aryl methyl sites for hydroxylation is 1. The summed E-state index contributed by atoms with van der Waals surface area (Å²) in [5.41, 5.74) is 1.50. The number of benzene rings is 1. The molecule has 0 radical (unpaired) electrons. The van der Waals surface area contributed by atoms with Crippen molar-refractivity contribution in [2.45, 2.75) is 26.9 Å². The Balaban J connectivity index is 2.01. The van der Waals surface area contributed by atoms with Gasteiger partial charge in [0.15, 0.2) is 12.7 Å². The number of hydrogen-bond acceptors (Lipinski definition) is 6. The van der Waals surface area contributed by atoms with Gasteiger partial charge in [-0.05, 0) is 38.5 Å². The van der Waals surface area contributed by atoms with Gasteiger partial charge >= 0.3 is 11.9 Å². The lowest BCUT2D eigenvalue weighted by atomic mass is 10.1. The van der Waals surface area contributed by atoms with E-state index in [1.807, 2.05) is 6.07 Å². The first-order valence-electron chi connectivity index (χ1n) is 8.04. The van der Waals surface area contributed by atoms with E-state index in [1.54, 1.807) is 38.1 Å². The zero-order valence-corrected chi connectivity index (χ0v) is 15.1. The standard InChI is InChI=1S/C19H21NO6/c1-11-16(19(23)24-4)12(2)20-17(11)18(22)13(3)26-15(21)10-25-14-8-6-5-7-9-14/h5-9,13,20H,10H2,1-4H3/t13-/m0/s1. The molecule has 0 saturated carbocycles. The normalized spacial score (nSPS) is 11.5. The van der Waals surface area contributed by atoms with Crippen LogP contribution in [0.4, 0.5) is 0 Å². The van der Waals surface area contributed by atoms with Gasteiger partial charge in [0.25, 0.3) is 0 Å². The van der Waals surface area contributed by atoms with E-state index in [1.165, 1.54) is 14.0 Å². The van der Waals surface area contributed by atoms with Gasteiger partial charge in [0.1, 0.15) is 5.75 Å². The van der Waals surface area contributed by atoms with Crippen LogP contribution >= 0.6 is 0 Å². The fourth-order valence-electron chi connectivity index (χ4n) is 2.55. The molecule has 0 aliphatic carbocycles. The second kappa shape index (κ2) is 8.33. The van der Waals surface area contributed by atoms with Crippen LogP contribution in [-0.2, 0) is 14.3 Å². The van der Waals surface area contributed by atoms with Gasteiger partial charge in [-0.25, -0.2) is 9.59 Å². The number of carbonyl (C=O) groups excluding carboxylic acids is 3. The number of ether oxygens (including phenoxy) is 3. The Morgan fingerprint density at radius 2 is 1.77 bits per heavy atom. The minimum atomic E-state index is -1.02. The number of ketones is 1. The van der Waals surface area contributed by atoms with Gasteiger partial charge in [-0.1, -0.05) is 18.2 Å². The minimum absolute atomic E-state index is 0.215. The van der Waals surface area contributed by atoms with E-state index in [0.29, 0.717) is 22.6 Å². The summed E-state index contributed by atoms with van der Waals surface area (Å²) in [5, 5.41) is 0. The molecule has 138 valence electrons. The molecule has 26 heavy (non-hydrogen) atoms. The maximum absolute atomic E-state index is 12.6. The molecule has 0 fully saturated rings. The number of Topliss-reactive ketones (excluding diaryl/α,β-unsaturated/α-hetero) is 1. The highest BCUT2D eigenvalue weighted by atomic mass is 16.6. The molecule has 2 aromatic rings. The van der Waals surface area contributed by atoms with Gasteiger partial charge in [0.2, 0.25) is 5.78 Å². The van der Waals surface area contributed by atoms with E-state index in [0.717, 1.165) is 0 Å². The van der Waals surface area contributed by atoms with Gasteiger partial charge < -0.3 is 19.2 Å². The molecular weight excluding hydrogens is 338 g/mol. The third-order valence-electron chi connectivity index (χ3n) is 3.85. The smallest absolute Gasteiger partial charge is 0.344 e. The summed E-state index contributed by atoms with van der Waals surface area (Å²) < 4.78 is 15.1. The second-order valence-electron chi connectivity index (χ2n) is 5.71. The molecule has 0 saturated heterocycles. The average Bonchev–Trinajstić information content (AvgIpc) is 2.93. The molecule has 1 aromatic carbocycles. The van der Waals surface area contributed by atoms with Crippen LogP contribution < -0.4 is 4.74 Å². The van der Waals surface area contributed by atoms with Crippen molar-refractivity contribution in [3.8, 4) is 5.75 Å². The van der Waals surface area contributed by atoms with Crippen molar-refractivity contribution in [3.63, 3.8) is 0 Å². The van der Waals surface area contributed by atoms with E-state index < -0.39 is 23.8 Å². The van der Waals surface area contributed by atoms with Crippen molar-refractivity contribution in [1.82, 2.24) is 4.98 Å². The molecule has 2 rings (SSSR count). The van der Waals surface area contributed by atoms with Crippen LogP contribution in [0, 0.1) is 13.8 Å². The Kier molecular flexibility index (Phi) is 6.16. The molecule has 1 N–H and O–H groups in total. The van der Waals surface area contributed by atoms with Gasteiger partial charge in [0, 0.05) is 5.69 Å². The van der Waals surface area contributed by atoms with Gasteiger partial charge in [0.05, 0.1) is 18.4 Å². The number of para-hydroxylation sites is 1. The summed E-state index contributed by atoms with van der Waals surface area (Å²) in [6.45, 7) is 4.46. The maximum Gasteiger partial charge on any atom is 0.344 e. The largest absolute Gasteiger partial charge is 0.482 e. The molecule has 7 heteroatoms. The second-order valence-corrected chi connectivity index (χ2v) is 5.71. The summed E-state index contributed by atoms with van der Waals surface area (Å²) in [4.78, 5) is 39.1. The Morgan fingerprint density at radius 1 is 1.12 bits per heavy atom. The average molecular weight is 359 g/mol. The molecule has 0 amide bonds. The van der Waals surface area contributed by atoms with Crippen molar-refractivity contribution in [1.29, 1.82) is 0 Å². The fraction of sp³-hybridized carbons (Fsp3) is 0.316. The van der Waals surface area contributed by atoms with Crippen molar-refractivity contribution in [2.75, 3.05) is 13.7 Å². The number of H-pyrrole nitrogens is 1. The zero-order chi connectivity index (χ0) is 19.3. The van der Waals surface area contributed by atoms with Crippen molar-refractivity contribution in [2.24, 2.45) is 0 Å². The van der Waals surface area contributed by atoms with Gasteiger partial charge in [-0.15, -0.1) is 0 Å². The lowest BCUT2D eigenvalue weighted by Crippen LogP contribution is -2.28. The van der Waals surface area contributed by atoms with Gasteiger partial charge in [-0.2, -0.15) is 0 Å². The predicted octanol–water partition coefficient (Wildman–Crippen LogP) is 2.61. The molecule has 0 bridgehead atoms. The van der Waals surface area contributed by atoms with Crippen molar-refractivity contribution >= 4 is 17.7 Å². The number of aromatic amines is 1. The zero-order valence-electron chi connectivity index (χ0n) is 15.1. The van der Waals surface area contributed by atoms with Crippen LogP contribution in [0.5, 0.6) is 5.75 Å². The van der Waals surface area contributed by atoms with Crippen molar-refractivity contribution in [3.05, 3.63) is 52.8 Å². The van der Waals surface area contributed by atoms with E-state index in [-0.39, 0.29) is 12.3 Å². The number of hydrogen-bond donors (Lipinski definition) is 1. The summed E-state index contributed by atoms with van der Waals surface area (Å²) in [5.74, 6) is -1.10. The topological polar surface area (TPSA) is 94.7 Å². The fourth-order valence-corrected chi connectivity index (χ4v) is 2.55. The lowest BCUT2D eigenvalue weighted by Gasteiger charge is -2.12. The first kappa shape index (κ1) is 19.2. The van der Waals surface area contributed by atoms with Crippen LogP contribution in [0.25, 0.3) is 0 Å². The van der Waals surface area contributed by atoms with Crippen LogP contribution in [0.1, 0.15) is 39.0 Å². The highest BCUT2D eigenvalue weighted by Gasteiger charge is 2.27. The summed E-state index contributed by atoms with van der Waals surface area (Å²) in [7, 11) is 1.27. The van der Waals surface area contributed by atoms with E-state index in [9.17, 15) is 14.4 Å². The number of methoxy groups -OCH3 is 1. The Hall–Kier alpha value is -3.09. The number of nitrogens with one attached hydrogen (secondary N) is 1. The molecule has 1 aromatic heterocycles. The Labute approximate surface area is 151 Å². The lowest BCUT2D eigenvalue weighted by molar-refractivity contribution is -0.148. The molecule has 0 unspecified atom stereocenters. The molecule has 1 heterocycles. The summed E-state index contributed by atoms with van der Waals surface area (Å²) in [6, 6.07) is 8.81. The number of aromatic nitrogens is 1. The van der Waals surface area contributed by atoms with Crippen LogP contribution in [-0.4, -0.2) is 42.5 Å². The first-order chi connectivity index (χ1) is 12.3. The first-order valence-corrected chi connectivity index (χ1v) is 8.04. The minimum Gasteiger partial charge on any atom is -0.482 e. The third-order valence-corrected chi connectivity index (χ3v) is 3.85. The van der Waals surface area contributed by atoms with Gasteiger partial charge in [-0.3, -0.25) is 4.79 Å².